The van der Waals surface area contributed by atoms with Gasteiger partial charge in [-0.1, -0.05) is 35.9 Å². The third-order valence-electron chi connectivity index (χ3n) is 5.07. The highest BCUT2D eigenvalue weighted by Crippen LogP contribution is 2.27. The normalized spacial score (nSPS) is 10.8. The number of nitrogens with one attached hydrogen (secondary N) is 2. The largest absolute Gasteiger partial charge is 0.397 e. The summed E-state index contributed by atoms with van der Waals surface area (Å²) in [4.78, 5) is 17.0. The minimum atomic E-state index is -0.227. The summed E-state index contributed by atoms with van der Waals surface area (Å²) < 4.78 is 2.13. The van der Waals surface area contributed by atoms with Crippen LogP contribution < -0.4 is 16.4 Å². The molecule has 0 atom stereocenters. The highest BCUT2D eigenvalue weighted by atomic mass is 35.5. The van der Waals surface area contributed by atoms with E-state index in [1.54, 1.807) is 24.3 Å². The van der Waals surface area contributed by atoms with E-state index in [0.29, 0.717) is 34.2 Å². The fourth-order valence-corrected chi connectivity index (χ4v) is 3.63. The third kappa shape index (κ3) is 5.35. The summed E-state index contributed by atoms with van der Waals surface area (Å²) in [5.74, 6) is -0.227. The molecule has 0 spiro atoms. The number of carbonyl (C=O) groups excluding carboxylic acids is 1. The van der Waals surface area contributed by atoms with E-state index >= 15 is 0 Å². The highest BCUT2D eigenvalue weighted by molar-refractivity contribution is 6.33. The average molecular weight is 446 g/mol. The lowest BCUT2D eigenvalue weighted by Crippen LogP contribution is -2.19. The number of nitrogens with two attached hydrogens (primary N) is 1. The Kier molecular flexibility index (Phi) is 6.84. The molecule has 0 aliphatic rings. The molecule has 4 N–H and O–H groups in total. The SMILES string of the molecule is Nc1ccccc1NC(=O)c1ccc(-c2ncc(CNCCn3cccc3)cc2Cl)cc1. The zero-order valence-electron chi connectivity index (χ0n) is 17.5. The van der Waals surface area contributed by atoms with Gasteiger partial charge in [-0.25, -0.2) is 0 Å². The number of aromatic nitrogens is 2. The van der Waals surface area contributed by atoms with Gasteiger partial charge in [-0.15, -0.1) is 0 Å². The van der Waals surface area contributed by atoms with Crippen LogP contribution in [0.1, 0.15) is 15.9 Å². The molecule has 0 fully saturated rings. The zero-order valence-corrected chi connectivity index (χ0v) is 18.2. The number of rotatable bonds is 8. The van der Waals surface area contributed by atoms with E-state index in [2.05, 4.69) is 20.2 Å². The highest BCUT2D eigenvalue weighted by Gasteiger charge is 2.11. The number of carbonyl (C=O) groups is 1. The van der Waals surface area contributed by atoms with E-state index in [4.69, 9.17) is 17.3 Å². The van der Waals surface area contributed by atoms with Gasteiger partial charge in [-0.2, -0.15) is 0 Å². The van der Waals surface area contributed by atoms with Gasteiger partial charge in [0.05, 0.1) is 22.1 Å². The van der Waals surface area contributed by atoms with Gasteiger partial charge in [-0.05, 0) is 48.0 Å². The summed E-state index contributed by atoms with van der Waals surface area (Å²) in [6, 6.07) is 20.3. The predicted octanol–water partition coefficient (Wildman–Crippen LogP) is 4.83. The molecule has 0 aliphatic heterocycles. The second-order valence-corrected chi connectivity index (χ2v) is 7.80. The van der Waals surface area contributed by atoms with E-state index in [1.807, 2.05) is 61.1 Å². The van der Waals surface area contributed by atoms with Gasteiger partial charge in [-0.3, -0.25) is 9.78 Å². The summed E-state index contributed by atoms with van der Waals surface area (Å²) in [6.07, 6.45) is 5.91. The van der Waals surface area contributed by atoms with Gasteiger partial charge in [0, 0.05) is 49.4 Å². The predicted molar refractivity (Wildman–Crippen MR) is 130 cm³/mol. The molecule has 6 nitrogen and oxygen atoms in total. The van der Waals surface area contributed by atoms with Gasteiger partial charge in [0.25, 0.3) is 5.91 Å². The number of para-hydroxylation sites is 2. The van der Waals surface area contributed by atoms with Crippen LogP contribution >= 0.6 is 11.6 Å². The molecule has 32 heavy (non-hydrogen) atoms. The first-order chi connectivity index (χ1) is 15.6. The smallest absolute Gasteiger partial charge is 0.255 e. The van der Waals surface area contributed by atoms with Crippen molar-refractivity contribution in [2.24, 2.45) is 0 Å². The molecule has 0 aliphatic carbocycles. The number of halogens is 1. The van der Waals surface area contributed by atoms with Gasteiger partial charge in [0.15, 0.2) is 0 Å². The number of hydrogen-bond acceptors (Lipinski definition) is 4. The Bertz CT molecular complexity index is 1190. The maximum Gasteiger partial charge on any atom is 0.255 e. The number of pyridine rings is 1. The Morgan fingerprint density at radius 2 is 1.78 bits per heavy atom. The van der Waals surface area contributed by atoms with Crippen molar-refractivity contribution in [1.82, 2.24) is 14.9 Å². The van der Waals surface area contributed by atoms with Crippen LogP contribution in [0.2, 0.25) is 5.02 Å². The van der Waals surface area contributed by atoms with E-state index in [9.17, 15) is 4.79 Å². The minimum absolute atomic E-state index is 0.227. The van der Waals surface area contributed by atoms with Crippen LogP contribution in [0.25, 0.3) is 11.3 Å². The maximum atomic E-state index is 12.5. The molecule has 1 amide bonds. The molecule has 0 saturated carbocycles. The monoisotopic (exact) mass is 445 g/mol. The van der Waals surface area contributed by atoms with Crippen molar-refractivity contribution in [1.29, 1.82) is 0 Å². The van der Waals surface area contributed by atoms with Crippen molar-refractivity contribution >= 4 is 28.9 Å². The number of nitrogen functional groups attached to an aromatic ring is 1. The second kappa shape index (κ2) is 10.1. The Morgan fingerprint density at radius 3 is 2.50 bits per heavy atom. The van der Waals surface area contributed by atoms with E-state index in [-0.39, 0.29) is 5.91 Å². The molecule has 0 saturated heterocycles. The molecule has 0 bridgehead atoms. The average Bonchev–Trinajstić information content (AvgIpc) is 3.32. The first kappa shape index (κ1) is 21.6. The maximum absolute atomic E-state index is 12.5. The van der Waals surface area contributed by atoms with Crippen molar-refractivity contribution in [3.8, 4) is 11.3 Å². The van der Waals surface area contributed by atoms with Crippen molar-refractivity contribution in [2.45, 2.75) is 13.1 Å². The summed E-state index contributed by atoms with van der Waals surface area (Å²) in [6.45, 7) is 2.45. The first-order valence-corrected chi connectivity index (χ1v) is 10.7. The van der Waals surface area contributed by atoms with Crippen LogP contribution in [0, 0.1) is 0 Å². The van der Waals surface area contributed by atoms with Crippen LogP contribution in [0.15, 0.2) is 85.3 Å². The number of hydrogen-bond donors (Lipinski definition) is 3. The molecular formula is C25H24ClN5O. The van der Waals surface area contributed by atoms with Crippen LogP contribution in [-0.2, 0) is 13.1 Å². The molecule has 0 unspecified atom stereocenters. The molecule has 2 aromatic heterocycles. The molecule has 4 rings (SSSR count). The molecule has 0 radical (unpaired) electrons. The number of benzene rings is 2. The van der Waals surface area contributed by atoms with Crippen molar-refractivity contribution in [3.63, 3.8) is 0 Å². The Balaban J connectivity index is 1.37. The molecule has 2 aromatic carbocycles. The van der Waals surface area contributed by atoms with Crippen LogP contribution in [0.4, 0.5) is 11.4 Å². The van der Waals surface area contributed by atoms with Gasteiger partial charge in [0.1, 0.15) is 0 Å². The van der Waals surface area contributed by atoms with Crippen molar-refractivity contribution in [2.75, 3.05) is 17.6 Å². The second-order valence-electron chi connectivity index (χ2n) is 7.39. The molecular weight excluding hydrogens is 422 g/mol. The molecule has 2 heterocycles. The molecule has 7 heteroatoms. The van der Waals surface area contributed by atoms with Gasteiger partial charge in [0.2, 0.25) is 0 Å². The lowest BCUT2D eigenvalue weighted by Gasteiger charge is -2.10. The zero-order chi connectivity index (χ0) is 22.3. The molecule has 4 aromatic rings. The van der Waals surface area contributed by atoms with Crippen molar-refractivity contribution in [3.05, 3.63) is 101 Å². The minimum Gasteiger partial charge on any atom is -0.397 e. The van der Waals surface area contributed by atoms with Crippen LogP contribution in [-0.4, -0.2) is 22.0 Å². The van der Waals surface area contributed by atoms with Crippen LogP contribution in [0.3, 0.4) is 0 Å². The summed E-state index contributed by atoms with van der Waals surface area (Å²) in [7, 11) is 0. The van der Waals surface area contributed by atoms with E-state index < -0.39 is 0 Å². The quantitative estimate of drug-likeness (QED) is 0.268. The lowest BCUT2D eigenvalue weighted by molar-refractivity contribution is 0.102. The number of amides is 1. The van der Waals surface area contributed by atoms with E-state index in [1.165, 1.54) is 0 Å². The summed E-state index contributed by atoms with van der Waals surface area (Å²) in [5, 5.41) is 6.79. The third-order valence-corrected chi connectivity index (χ3v) is 5.36. The topological polar surface area (TPSA) is 85.0 Å². The van der Waals surface area contributed by atoms with Crippen LogP contribution in [0.5, 0.6) is 0 Å². The standard InChI is InChI=1S/C25H24ClN5O/c26-21-15-18(16-28-11-14-31-12-3-4-13-31)17-29-24(21)19-7-9-20(10-8-19)25(32)30-23-6-2-1-5-22(23)27/h1-10,12-13,15,17,28H,11,14,16,27H2,(H,30,32). The van der Waals surface area contributed by atoms with E-state index in [0.717, 1.165) is 24.2 Å². The Morgan fingerprint density at radius 1 is 1.03 bits per heavy atom. The number of anilines is 2. The van der Waals surface area contributed by atoms with Crippen molar-refractivity contribution < 1.29 is 4.79 Å². The number of nitrogens with zero attached hydrogens (tertiary/aromatic N) is 2. The Labute approximate surface area is 192 Å². The summed E-state index contributed by atoms with van der Waals surface area (Å²) in [5.41, 5.74) is 10.1. The Hall–Kier alpha value is -3.61. The van der Waals surface area contributed by atoms with Gasteiger partial charge < -0.3 is 20.9 Å². The summed E-state index contributed by atoms with van der Waals surface area (Å²) >= 11 is 6.50. The first-order valence-electron chi connectivity index (χ1n) is 10.3. The fraction of sp³-hybridized carbons (Fsp3) is 0.120. The fourth-order valence-electron chi connectivity index (χ4n) is 3.33. The lowest BCUT2D eigenvalue weighted by atomic mass is 10.1. The van der Waals surface area contributed by atoms with Gasteiger partial charge >= 0.3 is 0 Å². The molecule has 162 valence electrons.